The SMILES string of the molecule is C=CCn1c(=O)[nH]c(=O)[nH]c1=O.[K]. The van der Waals surface area contributed by atoms with Gasteiger partial charge in [0.15, 0.2) is 0 Å². The van der Waals surface area contributed by atoms with Crippen LogP contribution in [-0.2, 0) is 6.54 Å². The molecular formula is C6H7KN3O3. The Bertz CT molecular complexity index is 421. The molecule has 0 amide bonds. The first-order valence-electron chi connectivity index (χ1n) is 3.19. The number of hydrogen-bond acceptors (Lipinski definition) is 3. The quantitative estimate of drug-likeness (QED) is 0.436. The molecule has 0 aliphatic rings. The van der Waals surface area contributed by atoms with Crippen LogP contribution in [0.1, 0.15) is 0 Å². The molecule has 6 nitrogen and oxygen atoms in total. The van der Waals surface area contributed by atoms with Gasteiger partial charge < -0.3 is 0 Å². The standard InChI is InChI=1S/C6H7N3O3.K/c1-2-3-9-5(11)7-4(10)8-6(9)12;/h2H,1,3H2,(H2,7,8,10,11,12);. The Labute approximate surface area is 115 Å². The van der Waals surface area contributed by atoms with Crippen molar-refractivity contribution >= 4 is 51.4 Å². The molecule has 0 unspecified atom stereocenters. The fraction of sp³-hybridized carbons (Fsp3) is 0.167. The largest absolute Gasteiger partial charge is 0.333 e. The number of aromatic amines is 2. The van der Waals surface area contributed by atoms with Gasteiger partial charge >= 0.3 is 17.1 Å². The fourth-order valence-electron chi connectivity index (χ4n) is 0.748. The summed E-state index contributed by atoms with van der Waals surface area (Å²) < 4.78 is 0.828. The summed E-state index contributed by atoms with van der Waals surface area (Å²) in [5.41, 5.74) is -2.27. The van der Waals surface area contributed by atoms with E-state index in [4.69, 9.17) is 0 Å². The monoisotopic (exact) mass is 208 g/mol. The molecule has 2 N–H and O–H groups in total. The Morgan fingerprint density at radius 3 is 2.08 bits per heavy atom. The Kier molecular flexibility index (Phi) is 5.41. The molecule has 0 fully saturated rings. The van der Waals surface area contributed by atoms with Gasteiger partial charge in [0.2, 0.25) is 0 Å². The van der Waals surface area contributed by atoms with Crippen LogP contribution in [0, 0.1) is 0 Å². The first-order valence-corrected chi connectivity index (χ1v) is 3.19. The maximum atomic E-state index is 10.9. The predicted octanol–water partition coefficient (Wildman–Crippen LogP) is -1.97. The van der Waals surface area contributed by atoms with Crippen LogP contribution in [0.25, 0.3) is 0 Å². The number of aromatic nitrogens is 3. The molecule has 0 atom stereocenters. The van der Waals surface area contributed by atoms with E-state index in [1.54, 1.807) is 0 Å². The van der Waals surface area contributed by atoms with Gasteiger partial charge in [0.05, 0.1) is 6.54 Å². The minimum Gasteiger partial charge on any atom is -0.259 e. The molecule has 0 aliphatic heterocycles. The zero-order valence-electron chi connectivity index (χ0n) is 7.16. The van der Waals surface area contributed by atoms with Crippen LogP contribution < -0.4 is 17.1 Å². The summed E-state index contributed by atoms with van der Waals surface area (Å²) in [6.45, 7) is 3.43. The van der Waals surface area contributed by atoms with Crippen LogP contribution in [0.3, 0.4) is 0 Å². The number of nitrogens with one attached hydrogen (secondary N) is 2. The number of nitrogens with zero attached hydrogens (tertiary/aromatic N) is 1. The van der Waals surface area contributed by atoms with Gasteiger partial charge in [0, 0.05) is 51.4 Å². The molecule has 0 saturated heterocycles. The molecule has 0 spiro atoms. The van der Waals surface area contributed by atoms with Gasteiger partial charge in [-0.2, -0.15) is 0 Å². The van der Waals surface area contributed by atoms with Gasteiger partial charge in [-0.25, -0.2) is 19.0 Å². The maximum Gasteiger partial charge on any atom is 0.333 e. The minimum atomic E-state index is -0.801. The molecule has 0 bridgehead atoms. The molecule has 7 heteroatoms. The predicted molar refractivity (Wildman–Crippen MR) is 47.9 cm³/mol. The summed E-state index contributed by atoms with van der Waals surface area (Å²) >= 11 is 0. The first kappa shape index (κ1) is 12.8. The molecule has 1 heterocycles. The normalized spacial score (nSPS) is 8.92. The molecule has 1 aromatic heterocycles. The Morgan fingerprint density at radius 1 is 1.23 bits per heavy atom. The summed E-state index contributed by atoms with van der Waals surface area (Å²) in [4.78, 5) is 36.1. The van der Waals surface area contributed by atoms with Gasteiger partial charge in [-0.05, 0) is 0 Å². The number of allylic oxidation sites excluding steroid dienone is 1. The third-order valence-electron chi connectivity index (χ3n) is 1.24. The second-order valence-electron chi connectivity index (χ2n) is 2.09. The molecular weight excluding hydrogens is 201 g/mol. The summed E-state index contributed by atoms with van der Waals surface area (Å²) in [5, 5.41) is 0. The number of H-pyrrole nitrogens is 2. The smallest absolute Gasteiger partial charge is 0.259 e. The van der Waals surface area contributed by atoms with E-state index >= 15 is 0 Å². The molecule has 1 radical (unpaired) electrons. The number of rotatable bonds is 2. The molecule has 1 aromatic rings. The summed E-state index contributed by atoms with van der Waals surface area (Å²) in [6.07, 6.45) is 1.38. The van der Waals surface area contributed by atoms with Crippen molar-refractivity contribution in [3.63, 3.8) is 0 Å². The third kappa shape index (κ3) is 3.20. The van der Waals surface area contributed by atoms with Crippen molar-refractivity contribution in [2.45, 2.75) is 6.54 Å². The van der Waals surface area contributed by atoms with Crippen LogP contribution in [0.15, 0.2) is 27.0 Å². The van der Waals surface area contributed by atoms with Crippen LogP contribution in [0.2, 0.25) is 0 Å². The Morgan fingerprint density at radius 2 is 1.69 bits per heavy atom. The second kappa shape index (κ2) is 5.50. The van der Waals surface area contributed by atoms with Gasteiger partial charge in [0.1, 0.15) is 0 Å². The molecule has 0 aliphatic carbocycles. The van der Waals surface area contributed by atoms with Crippen molar-refractivity contribution in [3.8, 4) is 0 Å². The van der Waals surface area contributed by atoms with E-state index in [9.17, 15) is 14.4 Å². The second-order valence-corrected chi connectivity index (χ2v) is 2.09. The van der Waals surface area contributed by atoms with Gasteiger partial charge in [-0.3, -0.25) is 9.97 Å². The Balaban J connectivity index is 0.00000144. The van der Waals surface area contributed by atoms with E-state index in [0.29, 0.717) is 0 Å². The first-order chi connectivity index (χ1) is 5.65. The molecule has 0 aromatic carbocycles. The van der Waals surface area contributed by atoms with Crippen LogP contribution in [0.5, 0.6) is 0 Å². The third-order valence-corrected chi connectivity index (χ3v) is 1.24. The Hall–Kier alpha value is -0.214. The van der Waals surface area contributed by atoms with Crippen molar-refractivity contribution in [1.29, 1.82) is 0 Å². The fourth-order valence-corrected chi connectivity index (χ4v) is 0.748. The molecule has 13 heavy (non-hydrogen) atoms. The summed E-state index contributed by atoms with van der Waals surface area (Å²) in [6, 6.07) is 0. The van der Waals surface area contributed by atoms with Crippen LogP contribution in [0.4, 0.5) is 0 Å². The summed E-state index contributed by atoms with van der Waals surface area (Å²) in [7, 11) is 0. The van der Waals surface area contributed by atoms with Crippen LogP contribution in [-0.4, -0.2) is 65.9 Å². The van der Waals surface area contributed by atoms with E-state index in [-0.39, 0.29) is 57.9 Å². The average molecular weight is 208 g/mol. The van der Waals surface area contributed by atoms with Crippen molar-refractivity contribution < 1.29 is 0 Å². The van der Waals surface area contributed by atoms with Gasteiger partial charge in [0.25, 0.3) is 0 Å². The topological polar surface area (TPSA) is 87.7 Å². The van der Waals surface area contributed by atoms with Crippen molar-refractivity contribution in [2.24, 2.45) is 0 Å². The number of hydrogen-bond donors (Lipinski definition) is 2. The van der Waals surface area contributed by atoms with Crippen molar-refractivity contribution in [2.75, 3.05) is 0 Å². The van der Waals surface area contributed by atoms with Crippen LogP contribution >= 0.6 is 0 Å². The van der Waals surface area contributed by atoms with Gasteiger partial charge in [-0.15, -0.1) is 6.58 Å². The van der Waals surface area contributed by atoms with E-state index in [2.05, 4.69) is 6.58 Å². The minimum absolute atomic E-state index is 0. The summed E-state index contributed by atoms with van der Waals surface area (Å²) in [5.74, 6) is 0. The average Bonchev–Trinajstić information content (AvgIpc) is 1.96. The van der Waals surface area contributed by atoms with Crippen molar-refractivity contribution in [1.82, 2.24) is 14.5 Å². The zero-order valence-corrected chi connectivity index (χ0v) is 10.3. The van der Waals surface area contributed by atoms with E-state index < -0.39 is 17.1 Å². The van der Waals surface area contributed by atoms with E-state index in [1.807, 2.05) is 9.97 Å². The molecule has 1 rings (SSSR count). The van der Waals surface area contributed by atoms with E-state index in [0.717, 1.165) is 4.57 Å². The van der Waals surface area contributed by atoms with Crippen molar-refractivity contribution in [3.05, 3.63) is 44.1 Å². The molecule has 0 saturated carbocycles. The zero-order chi connectivity index (χ0) is 9.14. The van der Waals surface area contributed by atoms with Gasteiger partial charge in [-0.1, -0.05) is 6.08 Å². The molecule has 65 valence electrons. The maximum absolute atomic E-state index is 10.9. The van der Waals surface area contributed by atoms with E-state index in [1.165, 1.54) is 6.08 Å².